The minimum Gasteiger partial charge on any atom is -0.275 e. The molecule has 3 nitrogen and oxygen atoms in total. The van der Waals surface area contributed by atoms with Crippen LogP contribution in [0.5, 0.6) is 0 Å². The predicted molar refractivity (Wildman–Crippen MR) is 52.1 cm³/mol. The fraction of sp³-hybridized carbons (Fsp3) is 0.875. The van der Waals surface area contributed by atoms with Crippen molar-refractivity contribution in [2.75, 3.05) is 14.2 Å². The van der Waals surface area contributed by atoms with Crippen molar-refractivity contribution in [3.8, 4) is 0 Å². The van der Waals surface area contributed by atoms with Gasteiger partial charge in [0.15, 0.2) is 0 Å². The van der Waals surface area contributed by atoms with Crippen LogP contribution in [-0.4, -0.2) is 30.4 Å². The number of thiol groups is 1. The fourth-order valence-corrected chi connectivity index (χ4v) is 0.991. The van der Waals surface area contributed by atoms with E-state index in [2.05, 4.69) is 12.6 Å². The largest absolute Gasteiger partial charge is 0.275 e. The Morgan fingerprint density at radius 3 is 2.67 bits per heavy atom. The van der Waals surface area contributed by atoms with E-state index in [1.54, 1.807) is 7.05 Å². The van der Waals surface area contributed by atoms with Gasteiger partial charge in [0.2, 0.25) is 5.91 Å². The van der Waals surface area contributed by atoms with Crippen LogP contribution in [0.4, 0.5) is 0 Å². The van der Waals surface area contributed by atoms with E-state index in [0.717, 1.165) is 12.8 Å². The Morgan fingerprint density at radius 2 is 2.25 bits per heavy atom. The van der Waals surface area contributed by atoms with Gasteiger partial charge in [-0.15, -0.1) is 0 Å². The average molecular weight is 191 g/mol. The molecular weight excluding hydrogens is 174 g/mol. The lowest BCUT2D eigenvalue weighted by atomic mass is 10.2. The Hall–Kier alpha value is -0.220. The van der Waals surface area contributed by atoms with E-state index in [0.29, 0.717) is 11.7 Å². The molecule has 0 fully saturated rings. The van der Waals surface area contributed by atoms with E-state index in [1.807, 2.05) is 6.92 Å². The van der Waals surface area contributed by atoms with Crippen molar-refractivity contribution in [3.05, 3.63) is 0 Å². The molecule has 0 rings (SSSR count). The molecule has 0 aromatic heterocycles. The zero-order valence-corrected chi connectivity index (χ0v) is 8.80. The first-order valence-corrected chi connectivity index (χ1v) is 4.58. The van der Waals surface area contributed by atoms with Gasteiger partial charge in [0.1, 0.15) is 0 Å². The van der Waals surface area contributed by atoms with Gasteiger partial charge in [-0.05, 0) is 18.1 Å². The molecule has 0 aliphatic rings. The van der Waals surface area contributed by atoms with Crippen molar-refractivity contribution in [1.29, 1.82) is 0 Å². The number of carbonyl (C=O) groups excluding carboxylic acids is 1. The lowest BCUT2D eigenvalue weighted by Crippen LogP contribution is -2.25. The number of rotatable bonds is 5. The summed E-state index contributed by atoms with van der Waals surface area (Å²) in [5, 5.41) is 1.62. The van der Waals surface area contributed by atoms with E-state index in [-0.39, 0.29) is 5.91 Å². The molecule has 0 aromatic carbocycles. The molecule has 0 spiro atoms. The third-order valence-corrected chi connectivity index (χ3v) is 1.90. The van der Waals surface area contributed by atoms with E-state index in [4.69, 9.17) is 4.84 Å². The molecule has 0 N–H and O–H groups in total. The second kappa shape index (κ2) is 6.31. The minimum absolute atomic E-state index is 0.0199. The van der Waals surface area contributed by atoms with Crippen LogP contribution in [-0.2, 0) is 9.63 Å². The Kier molecular flexibility index (Phi) is 6.20. The number of nitrogens with zero attached hydrogens (tertiary/aromatic N) is 1. The molecule has 72 valence electrons. The monoisotopic (exact) mass is 191 g/mol. The third-order valence-electron chi connectivity index (χ3n) is 1.64. The molecule has 0 aliphatic heterocycles. The first-order chi connectivity index (χ1) is 5.57. The zero-order chi connectivity index (χ0) is 9.56. The maximum atomic E-state index is 11.1. The molecule has 0 radical (unpaired) electrons. The lowest BCUT2D eigenvalue weighted by Gasteiger charge is -2.13. The number of hydrogen-bond acceptors (Lipinski definition) is 3. The summed E-state index contributed by atoms with van der Waals surface area (Å²) in [4.78, 5) is 15.9. The van der Waals surface area contributed by atoms with Gasteiger partial charge in [-0.25, -0.2) is 5.06 Å². The summed E-state index contributed by atoms with van der Waals surface area (Å²) >= 11 is 4.22. The summed E-state index contributed by atoms with van der Waals surface area (Å²) in [7, 11) is 3.10. The molecule has 0 saturated heterocycles. The van der Waals surface area contributed by atoms with Crippen LogP contribution >= 0.6 is 12.6 Å². The third kappa shape index (κ3) is 5.43. The standard InChI is InChI=1S/C8H17NO2S/c1-7(12)5-4-6-8(10)9(2)11-3/h7,12H,4-6H2,1-3H3. The number of amides is 1. The summed E-state index contributed by atoms with van der Waals surface area (Å²) in [6, 6.07) is 0. The first kappa shape index (κ1) is 11.8. The van der Waals surface area contributed by atoms with Gasteiger partial charge in [0.05, 0.1) is 7.11 Å². The SMILES string of the molecule is CON(C)C(=O)CCCC(C)S. The van der Waals surface area contributed by atoms with Gasteiger partial charge in [-0.1, -0.05) is 6.92 Å². The van der Waals surface area contributed by atoms with Crippen LogP contribution in [0, 0.1) is 0 Å². The maximum Gasteiger partial charge on any atom is 0.245 e. The van der Waals surface area contributed by atoms with Gasteiger partial charge in [0, 0.05) is 13.5 Å². The highest BCUT2D eigenvalue weighted by atomic mass is 32.1. The van der Waals surface area contributed by atoms with Crippen LogP contribution in [0.3, 0.4) is 0 Å². The number of hydrogen-bond donors (Lipinski definition) is 1. The lowest BCUT2D eigenvalue weighted by molar-refractivity contribution is -0.168. The summed E-state index contributed by atoms with van der Waals surface area (Å²) in [6.07, 6.45) is 2.37. The number of hydroxylamine groups is 2. The van der Waals surface area contributed by atoms with Crippen molar-refractivity contribution >= 4 is 18.5 Å². The number of carbonyl (C=O) groups is 1. The van der Waals surface area contributed by atoms with Gasteiger partial charge in [0.25, 0.3) is 0 Å². The molecule has 0 aromatic rings. The Morgan fingerprint density at radius 1 is 1.67 bits per heavy atom. The van der Waals surface area contributed by atoms with E-state index < -0.39 is 0 Å². The molecule has 1 amide bonds. The highest BCUT2D eigenvalue weighted by Crippen LogP contribution is 2.06. The first-order valence-electron chi connectivity index (χ1n) is 4.06. The quantitative estimate of drug-likeness (QED) is 0.527. The molecule has 12 heavy (non-hydrogen) atoms. The summed E-state index contributed by atoms with van der Waals surface area (Å²) in [5.74, 6) is 0.0199. The Labute approximate surface area is 79.4 Å². The van der Waals surface area contributed by atoms with Crippen molar-refractivity contribution in [2.24, 2.45) is 0 Å². The van der Waals surface area contributed by atoms with Crippen molar-refractivity contribution in [1.82, 2.24) is 5.06 Å². The van der Waals surface area contributed by atoms with E-state index in [1.165, 1.54) is 12.2 Å². The average Bonchev–Trinajstić information content (AvgIpc) is 2.02. The van der Waals surface area contributed by atoms with Crippen molar-refractivity contribution < 1.29 is 9.63 Å². The van der Waals surface area contributed by atoms with Gasteiger partial charge >= 0.3 is 0 Å². The summed E-state index contributed by atoms with van der Waals surface area (Å²) < 4.78 is 0. The molecule has 0 bridgehead atoms. The maximum absolute atomic E-state index is 11.1. The van der Waals surface area contributed by atoms with E-state index in [9.17, 15) is 4.79 Å². The van der Waals surface area contributed by atoms with Crippen LogP contribution in [0.1, 0.15) is 26.2 Å². The smallest absolute Gasteiger partial charge is 0.245 e. The molecule has 0 aliphatic carbocycles. The highest BCUT2D eigenvalue weighted by molar-refractivity contribution is 7.80. The second-order valence-corrected chi connectivity index (χ2v) is 3.70. The topological polar surface area (TPSA) is 29.5 Å². The molecule has 4 heteroatoms. The van der Waals surface area contributed by atoms with Crippen LogP contribution in [0.15, 0.2) is 0 Å². The van der Waals surface area contributed by atoms with Gasteiger partial charge in [-0.2, -0.15) is 12.6 Å². The zero-order valence-electron chi connectivity index (χ0n) is 7.91. The minimum atomic E-state index is 0.0199. The molecule has 0 heterocycles. The Bertz CT molecular complexity index is 139. The van der Waals surface area contributed by atoms with Crippen molar-refractivity contribution in [2.45, 2.75) is 31.4 Å². The second-order valence-electron chi connectivity index (χ2n) is 2.82. The summed E-state index contributed by atoms with van der Waals surface area (Å²) in [5.41, 5.74) is 0. The molecule has 1 unspecified atom stereocenters. The summed E-state index contributed by atoms with van der Waals surface area (Å²) in [6.45, 7) is 2.02. The molecule has 1 atom stereocenters. The molecular formula is C8H17NO2S. The van der Waals surface area contributed by atoms with E-state index >= 15 is 0 Å². The van der Waals surface area contributed by atoms with Gasteiger partial charge < -0.3 is 0 Å². The van der Waals surface area contributed by atoms with Crippen LogP contribution < -0.4 is 0 Å². The molecule has 0 saturated carbocycles. The highest BCUT2D eigenvalue weighted by Gasteiger charge is 2.07. The fourth-order valence-electron chi connectivity index (χ4n) is 0.808. The van der Waals surface area contributed by atoms with Crippen LogP contribution in [0.25, 0.3) is 0 Å². The van der Waals surface area contributed by atoms with Crippen LogP contribution in [0.2, 0.25) is 0 Å². The van der Waals surface area contributed by atoms with Gasteiger partial charge in [-0.3, -0.25) is 9.63 Å². The predicted octanol–water partition coefficient (Wildman–Crippen LogP) is 1.49. The Balaban J connectivity index is 3.44. The van der Waals surface area contributed by atoms with Crippen molar-refractivity contribution in [3.63, 3.8) is 0 Å². The normalized spacial score (nSPS) is 12.7.